The summed E-state index contributed by atoms with van der Waals surface area (Å²) >= 11 is 0. The van der Waals surface area contributed by atoms with Gasteiger partial charge in [0.2, 0.25) is 5.91 Å². The maximum atomic E-state index is 13.5. The van der Waals surface area contributed by atoms with Crippen molar-refractivity contribution in [2.24, 2.45) is 5.92 Å². The van der Waals surface area contributed by atoms with Gasteiger partial charge in [0.1, 0.15) is 12.2 Å². The maximum absolute atomic E-state index is 13.5. The molecule has 7 heteroatoms. The second kappa shape index (κ2) is 12.5. The predicted octanol–water partition coefficient (Wildman–Crippen LogP) is 4.92. The van der Waals surface area contributed by atoms with Gasteiger partial charge in [-0.25, -0.2) is 9.69 Å². The second-order valence-corrected chi connectivity index (χ2v) is 9.80. The molecule has 1 aliphatic heterocycles. The van der Waals surface area contributed by atoms with E-state index in [0.29, 0.717) is 32.5 Å². The smallest absolute Gasteiger partial charge is 0.416 e. The van der Waals surface area contributed by atoms with E-state index in [9.17, 15) is 14.4 Å². The van der Waals surface area contributed by atoms with Gasteiger partial charge in [0.05, 0.1) is 19.1 Å². The van der Waals surface area contributed by atoms with Crippen molar-refractivity contribution in [3.63, 3.8) is 0 Å². The van der Waals surface area contributed by atoms with E-state index >= 15 is 0 Å². The van der Waals surface area contributed by atoms with Crippen LogP contribution in [0.2, 0.25) is 0 Å². The maximum Gasteiger partial charge on any atom is 0.416 e. The average Bonchev–Trinajstić information content (AvgIpc) is 3.17. The summed E-state index contributed by atoms with van der Waals surface area (Å²) in [7, 11) is 0. The average molecular weight is 482 g/mol. The van der Waals surface area contributed by atoms with Crippen LogP contribution in [-0.4, -0.2) is 47.7 Å². The van der Waals surface area contributed by atoms with E-state index in [1.165, 1.54) is 4.90 Å². The van der Waals surface area contributed by atoms with Gasteiger partial charge in [0.15, 0.2) is 0 Å². The number of hydrogen-bond acceptors (Lipinski definition) is 6. The quantitative estimate of drug-likeness (QED) is 0.335. The topological polar surface area (TPSA) is 82.1 Å². The highest BCUT2D eigenvalue weighted by atomic mass is 16.6. The number of rotatable bonds is 11. The number of cyclic esters (lactones) is 1. The molecule has 0 spiro atoms. The molecule has 0 saturated carbocycles. The molecule has 2 amide bonds. The normalized spacial score (nSPS) is 16.6. The zero-order valence-electron chi connectivity index (χ0n) is 20.8. The number of carbonyl (C=O) groups excluding carboxylic acids is 3. The molecule has 7 nitrogen and oxygen atoms in total. The van der Waals surface area contributed by atoms with E-state index in [2.05, 4.69) is 0 Å². The van der Waals surface area contributed by atoms with Crippen molar-refractivity contribution in [3.8, 4) is 0 Å². The highest BCUT2D eigenvalue weighted by Crippen LogP contribution is 2.25. The molecule has 2 unspecified atom stereocenters. The molecular weight excluding hydrogens is 446 g/mol. The summed E-state index contributed by atoms with van der Waals surface area (Å²) in [5, 5.41) is 0. The van der Waals surface area contributed by atoms with Crippen LogP contribution in [0.25, 0.3) is 0 Å². The number of hydrogen-bond donors (Lipinski definition) is 0. The molecule has 188 valence electrons. The Morgan fingerprint density at radius 2 is 1.66 bits per heavy atom. The molecule has 1 heterocycles. The number of benzene rings is 2. The molecule has 1 aliphatic rings. The van der Waals surface area contributed by atoms with Crippen LogP contribution in [0.1, 0.15) is 51.2 Å². The summed E-state index contributed by atoms with van der Waals surface area (Å²) in [6, 6.07) is 19.1. The van der Waals surface area contributed by atoms with Crippen LogP contribution in [0.4, 0.5) is 4.79 Å². The monoisotopic (exact) mass is 481 g/mol. The molecule has 0 radical (unpaired) electrons. The summed E-state index contributed by atoms with van der Waals surface area (Å²) < 4.78 is 16.4. The van der Waals surface area contributed by atoms with Gasteiger partial charge in [0, 0.05) is 12.5 Å². The number of nitrogens with zero attached hydrogens (tertiary/aromatic N) is 1. The fourth-order valence-corrected chi connectivity index (χ4v) is 4.06. The van der Waals surface area contributed by atoms with E-state index < -0.39 is 35.5 Å². The van der Waals surface area contributed by atoms with Crippen molar-refractivity contribution < 1.29 is 28.6 Å². The van der Waals surface area contributed by atoms with Gasteiger partial charge in [-0.1, -0.05) is 60.7 Å². The number of imide groups is 1. The molecule has 0 aliphatic carbocycles. The van der Waals surface area contributed by atoms with Crippen LogP contribution < -0.4 is 0 Å². The van der Waals surface area contributed by atoms with Crippen molar-refractivity contribution in [3.05, 3.63) is 71.8 Å². The summed E-state index contributed by atoms with van der Waals surface area (Å²) in [6.07, 6.45) is 0.701. The lowest BCUT2D eigenvalue weighted by Crippen LogP contribution is -2.44. The van der Waals surface area contributed by atoms with Crippen LogP contribution in [-0.2, 0) is 36.8 Å². The first-order chi connectivity index (χ1) is 16.7. The van der Waals surface area contributed by atoms with E-state index in [1.807, 2.05) is 60.7 Å². The third kappa shape index (κ3) is 8.51. The molecule has 1 fully saturated rings. The van der Waals surface area contributed by atoms with E-state index in [1.54, 1.807) is 20.8 Å². The Labute approximate surface area is 207 Å². The first-order valence-electron chi connectivity index (χ1n) is 12.1. The summed E-state index contributed by atoms with van der Waals surface area (Å²) in [5.74, 6) is -1.57. The lowest BCUT2D eigenvalue weighted by atomic mass is 9.96. The summed E-state index contributed by atoms with van der Waals surface area (Å²) in [4.78, 5) is 39.8. The van der Waals surface area contributed by atoms with Crippen molar-refractivity contribution in [2.45, 2.75) is 64.7 Å². The van der Waals surface area contributed by atoms with Crippen LogP contribution in [0.5, 0.6) is 0 Å². The number of carbonyl (C=O) groups is 3. The Morgan fingerprint density at radius 1 is 1.03 bits per heavy atom. The molecular formula is C28H35NO6. The third-order valence-corrected chi connectivity index (χ3v) is 5.65. The summed E-state index contributed by atoms with van der Waals surface area (Å²) in [5.41, 5.74) is 1.41. The van der Waals surface area contributed by atoms with Crippen LogP contribution in [0.15, 0.2) is 60.7 Å². The fourth-order valence-electron chi connectivity index (χ4n) is 4.06. The Hall–Kier alpha value is -3.19. The number of esters is 1. The van der Waals surface area contributed by atoms with Crippen LogP contribution >= 0.6 is 0 Å². The summed E-state index contributed by atoms with van der Waals surface area (Å²) in [6.45, 7) is 6.40. The highest BCUT2D eigenvalue weighted by molar-refractivity contribution is 5.96. The molecule has 1 saturated heterocycles. The fraction of sp³-hybridized carbons (Fsp3) is 0.464. The van der Waals surface area contributed by atoms with Gasteiger partial charge in [-0.2, -0.15) is 0 Å². The van der Waals surface area contributed by atoms with Crippen LogP contribution in [0, 0.1) is 5.92 Å². The Bertz CT molecular complexity index is 970. The van der Waals surface area contributed by atoms with Crippen molar-refractivity contribution in [1.82, 2.24) is 4.90 Å². The Kier molecular flexibility index (Phi) is 9.43. The van der Waals surface area contributed by atoms with Gasteiger partial charge in [0.25, 0.3) is 0 Å². The predicted molar refractivity (Wildman–Crippen MR) is 131 cm³/mol. The minimum Gasteiger partial charge on any atom is -0.460 e. The number of ether oxygens (including phenoxy) is 3. The molecule has 0 N–H and O–H groups in total. The Balaban J connectivity index is 1.64. The van der Waals surface area contributed by atoms with Crippen molar-refractivity contribution in [2.75, 3.05) is 13.2 Å². The molecule has 3 rings (SSSR count). The van der Waals surface area contributed by atoms with Crippen molar-refractivity contribution in [1.29, 1.82) is 0 Å². The minimum atomic E-state index is -0.700. The lowest BCUT2D eigenvalue weighted by molar-refractivity contribution is -0.158. The second-order valence-electron chi connectivity index (χ2n) is 9.80. The zero-order chi connectivity index (χ0) is 25.3. The molecule has 35 heavy (non-hydrogen) atoms. The zero-order valence-corrected chi connectivity index (χ0v) is 20.8. The molecule has 2 aromatic carbocycles. The lowest BCUT2D eigenvalue weighted by Gasteiger charge is -2.26. The first kappa shape index (κ1) is 26.4. The van der Waals surface area contributed by atoms with Gasteiger partial charge >= 0.3 is 12.1 Å². The van der Waals surface area contributed by atoms with E-state index in [0.717, 1.165) is 11.1 Å². The largest absolute Gasteiger partial charge is 0.460 e. The van der Waals surface area contributed by atoms with Crippen LogP contribution in [0.3, 0.4) is 0 Å². The molecule has 0 aromatic heterocycles. The van der Waals surface area contributed by atoms with E-state index in [4.69, 9.17) is 14.2 Å². The van der Waals surface area contributed by atoms with Gasteiger partial charge in [-0.3, -0.25) is 9.59 Å². The minimum absolute atomic E-state index is 0.101. The van der Waals surface area contributed by atoms with Crippen molar-refractivity contribution >= 4 is 18.0 Å². The third-order valence-electron chi connectivity index (χ3n) is 5.65. The van der Waals surface area contributed by atoms with E-state index in [-0.39, 0.29) is 13.0 Å². The SMILES string of the molecule is CC(C)(C)OC(=O)CC(CCCOCc1ccccc1)C(=O)N1C(=O)OCC1Cc1ccccc1. The molecule has 2 aromatic rings. The standard InChI is InChI=1S/C28H35NO6/c1-28(2,3)35-25(30)18-23(15-10-16-33-19-22-13-8-5-9-14-22)26(31)29-24(20-34-27(29)32)17-21-11-6-4-7-12-21/h4-9,11-14,23-24H,10,15-20H2,1-3H3. The number of amides is 2. The molecule has 2 atom stereocenters. The van der Waals surface area contributed by atoms with Gasteiger partial charge in [-0.05, 0) is 51.2 Å². The first-order valence-corrected chi connectivity index (χ1v) is 12.1. The Morgan fingerprint density at radius 3 is 2.29 bits per heavy atom. The molecule has 0 bridgehead atoms. The van der Waals surface area contributed by atoms with Gasteiger partial charge < -0.3 is 14.2 Å². The van der Waals surface area contributed by atoms with Gasteiger partial charge in [-0.15, -0.1) is 0 Å². The highest BCUT2D eigenvalue weighted by Gasteiger charge is 2.41.